The highest BCUT2D eigenvalue weighted by Gasteiger charge is 2.10. The Kier molecular flexibility index (Phi) is 5.80. The number of amides is 1. The Labute approximate surface area is 182 Å². The summed E-state index contributed by atoms with van der Waals surface area (Å²) in [6.45, 7) is 6.03. The molecule has 1 atom stereocenters. The molecular weight excluding hydrogens is 386 g/mol. The largest absolute Gasteiger partial charge is 0.379 e. The van der Waals surface area contributed by atoms with E-state index in [1.807, 2.05) is 62.4 Å². The number of hydrogen-bond donors (Lipinski definition) is 2. The quantitative estimate of drug-likeness (QED) is 0.451. The molecule has 1 unspecified atom stereocenters. The average molecular weight is 412 g/mol. The lowest BCUT2D eigenvalue weighted by Crippen LogP contribution is -2.13. The Morgan fingerprint density at radius 2 is 1.65 bits per heavy atom. The minimum Gasteiger partial charge on any atom is -0.379 e. The van der Waals surface area contributed by atoms with E-state index >= 15 is 0 Å². The molecule has 6 nitrogen and oxygen atoms in total. The highest BCUT2D eigenvalue weighted by Crippen LogP contribution is 2.21. The molecule has 0 spiro atoms. The van der Waals surface area contributed by atoms with Crippen molar-refractivity contribution in [3.63, 3.8) is 0 Å². The Hall–Kier alpha value is -3.93. The van der Waals surface area contributed by atoms with Gasteiger partial charge in [-0.05, 0) is 68.8 Å². The molecule has 0 aliphatic rings. The zero-order chi connectivity index (χ0) is 21.8. The summed E-state index contributed by atoms with van der Waals surface area (Å²) in [5.74, 6) is 0.482. The Balaban J connectivity index is 1.39. The van der Waals surface area contributed by atoms with Crippen molar-refractivity contribution in [1.82, 2.24) is 14.8 Å². The number of nitrogens with zero attached hydrogens (tertiary/aromatic N) is 3. The van der Waals surface area contributed by atoms with E-state index < -0.39 is 0 Å². The minimum atomic E-state index is -0.203. The summed E-state index contributed by atoms with van der Waals surface area (Å²) >= 11 is 0. The number of anilines is 2. The van der Waals surface area contributed by atoms with E-state index in [2.05, 4.69) is 39.8 Å². The lowest BCUT2D eigenvalue weighted by Gasteiger charge is -2.16. The van der Waals surface area contributed by atoms with Gasteiger partial charge < -0.3 is 10.6 Å². The molecule has 0 saturated carbocycles. The van der Waals surface area contributed by atoms with Crippen LogP contribution in [0.3, 0.4) is 0 Å². The maximum Gasteiger partial charge on any atom is 0.257 e. The van der Waals surface area contributed by atoms with Crippen molar-refractivity contribution in [1.29, 1.82) is 0 Å². The maximum absolute atomic E-state index is 12.6. The first-order valence-corrected chi connectivity index (χ1v) is 10.2. The maximum atomic E-state index is 12.6. The van der Waals surface area contributed by atoms with Crippen molar-refractivity contribution in [2.24, 2.45) is 0 Å². The van der Waals surface area contributed by atoms with Gasteiger partial charge in [0.15, 0.2) is 5.82 Å². The van der Waals surface area contributed by atoms with Gasteiger partial charge in [-0.25, -0.2) is 9.67 Å². The second-order valence-corrected chi connectivity index (χ2v) is 7.55. The third-order valence-electron chi connectivity index (χ3n) is 5.06. The number of hydrogen-bond acceptors (Lipinski definition) is 4. The first-order valence-electron chi connectivity index (χ1n) is 10.2. The van der Waals surface area contributed by atoms with Crippen molar-refractivity contribution in [3.05, 3.63) is 102 Å². The van der Waals surface area contributed by atoms with Gasteiger partial charge in [-0.15, -0.1) is 0 Å². The number of rotatable bonds is 6. The second kappa shape index (κ2) is 8.83. The zero-order valence-corrected chi connectivity index (χ0v) is 17.8. The third kappa shape index (κ3) is 4.80. The van der Waals surface area contributed by atoms with Crippen LogP contribution in [0.1, 0.15) is 40.3 Å². The molecule has 6 heteroatoms. The molecule has 2 heterocycles. The predicted molar refractivity (Wildman–Crippen MR) is 124 cm³/mol. The number of carbonyl (C=O) groups is 1. The fourth-order valence-corrected chi connectivity index (χ4v) is 3.43. The number of benzene rings is 2. The van der Waals surface area contributed by atoms with Crippen LogP contribution in [0.15, 0.2) is 79.0 Å². The highest BCUT2D eigenvalue weighted by molar-refractivity contribution is 6.04. The Morgan fingerprint density at radius 1 is 0.935 bits per heavy atom. The van der Waals surface area contributed by atoms with Crippen LogP contribution in [0.5, 0.6) is 0 Å². The molecule has 0 fully saturated rings. The van der Waals surface area contributed by atoms with E-state index in [1.165, 1.54) is 5.56 Å². The lowest BCUT2D eigenvalue weighted by atomic mass is 10.1. The molecule has 0 bridgehead atoms. The number of nitrogens with one attached hydrogen (secondary N) is 2. The van der Waals surface area contributed by atoms with Gasteiger partial charge in [0.1, 0.15) is 0 Å². The van der Waals surface area contributed by atoms with Crippen LogP contribution in [-0.4, -0.2) is 20.7 Å². The van der Waals surface area contributed by atoms with E-state index in [9.17, 15) is 4.79 Å². The first kappa shape index (κ1) is 20.3. The van der Waals surface area contributed by atoms with Gasteiger partial charge in [0.25, 0.3) is 5.91 Å². The van der Waals surface area contributed by atoms with E-state index in [-0.39, 0.29) is 11.9 Å². The van der Waals surface area contributed by atoms with Crippen LogP contribution < -0.4 is 10.6 Å². The topological polar surface area (TPSA) is 71.8 Å². The van der Waals surface area contributed by atoms with Crippen LogP contribution in [-0.2, 0) is 0 Å². The molecule has 0 radical (unpaired) electrons. The number of pyridine rings is 1. The monoisotopic (exact) mass is 411 g/mol. The van der Waals surface area contributed by atoms with Crippen molar-refractivity contribution >= 4 is 17.3 Å². The molecule has 156 valence electrons. The standard InChI is InChI=1S/C25H25N5O/c1-17-15-18(2)30(29-17)24-14-9-21(16-26-24)25(31)28-23-12-10-22(11-13-23)27-19(3)20-7-5-4-6-8-20/h4-16,19,27H,1-3H3,(H,28,31). The molecule has 2 aromatic carbocycles. The lowest BCUT2D eigenvalue weighted by molar-refractivity contribution is 0.102. The highest BCUT2D eigenvalue weighted by atomic mass is 16.1. The predicted octanol–water partition coefficient (Wildman–Crippen LogP) is 5.31. The average Bonchev–Trinajstić information content (AvgIpc) is 3.13. The van der Waals surface area contributed by atoms with Gasteiger partial charge >= 0.3 is 0 Å². The van der Waals surface area contributed by atoms with Crippen LogP contribution >= 0.6 is 0 Å². The SMILES string of the molecule is Cc1cc(C)n(-c2ccc(C(=O)Nc3ccc(NC(C)c4ccccc4)cc3)cn2)n1. The van der Waals surface area contributed by atoms with E-state index in [0.29, 0.717) is 11.4 Å². The van der Waals surface area contributed by atoms with Crippen LogP contribution in [0.4, 0.5) is 11.4 Å². The molecule has 2 N–H and O–H groups in total. The molecule has 1 amide bonds. The van der Waals surface area contributed by atoms with Gasteiger partial charge in [0, 0.05) is 29.3 Å². The summed E-state index contributed by atoms with van der Waals surface area (Å²) in [5, 5.41) is 10.8. The molecular formula is C25H25N5O. The first-order chi connectivity index (χ1) is 15.0. The minimum absolute atomic E-state index is 0.188. The van der Waals surface area contributed by atoms with E-state index in [1.54, 1.807) is 23.0 Å². The fraction of sp³-hybridized carbons (Fsp3) is 0.160. The van der Waals surface area contributed by atoms with Crippen LogP contribution in [0.25, 0.3) is 5.82 Å². The zero-order valence-electron chi connectivity index (χ0n) is 17.8. The summed E-state index contributed by atoms with van der Waals surface area (Å²) in [5.41, 5.74) is 5.35. The van der Waals surface area contributed by atoms with Crippen molar-refractivity contribution in [2.45, 2.75) is 26.8 Å². The summed E-state index contributed by atoms with van der Waals surface area (Å²) in [6.07, 6.45) is 1.57. The Morgan fingerprint density at radius 3 is 2.26 bits per heavy atom. The summed E-state index contributed by atoms with van der Waals surface area (Å²) in [6, 6.07) is 23.7. The van der Waals surface area contributed by atoms with E-state index in [0.717, 1.165) is 22.8 Å². The second-order valence-electron chi connectivity index (χ2n) is 7.55. The number of aromatic nitrogens is 3. The number of aryl methyl sites for hydroxylation is 2. The summed E-state index contributed by atoms with van der Waals surface area (Å²) < 4.78 is 1.76. The molecule has 0 aliphatic carbocycles. The van der Waals surface area contributed by atoms with Crippen LogP contribution in [0.2, 0.25) is 0 Å². The molecule has 31 heavy (non-hydrogen) atoms. The number of carbonyl (C=O) groups excluding carboxylic acids is 1. The fourth-order valence-electron chi connectivity index (χ4n) is 3.43. The summed E-state index contributed by atoms with van der Waals surface area (Å²) in [4.78, 5) is 17.0. The van der Waals surface area contributed by atoms with E-state index in [4.69, 9.17) is 0 Å². The smallest absolute Gasteiger partial charge is 0.257 e. The summed E-state index contributed by atoms with van der Waals surface area (Å²) in [7, 11) is 0. The van der Waals surface area contributed by atoms with Crippen LogP contribution in [0, 0.1) is 13.8 Å². The normalized spacial score (nSPS) is 11.7. The van der Waals surface area contributed by atoms with Gasteiger partial charge in [-0.3, -0.25) is 4.79 Å². The third-order valence-corrected chi connectivity index (χ3v) is 5.06. The molecule has 0 saturated heterocycles. The Bertz CT molecular complexity index is 1170. The molecule has 0 aliphatic heterocycles. The van der Waals surface area contributed by atoms with Crippen molar-refractivity contribution in [2.75, 3.05) is 10.6 Å². The molecule has 2 aromatic heterocycles. The van der Waals surface area contributed by atoms with Crippen molar-refractivity contribution in [3.8, 4) is 5.82 Å². The van der Waals surface area contributed by atoms with Gasteiger partial charge in [-0.2, -0.15) is 5.10 Å². The van der Waals surface area contributed by atoms with Gasteiger partial charge in [-0.1, -0.05) is 30.3 Å². The van der Waals surface area contributed by atoms with Gasteiger partial charge in [0.2, 0.25) is 0 Å². The van der Waals surface area contributed by atoms with Crippen molar-refractivity contribution < 1.29 is 4.79 Å². The molecule has 4 aromatic rings. The van der Waals surface area contributed by atoms with Gasteiger partial charge in [0.05, 0.1) is 11.3 Å². The molecule has 4 rings (SSSR count).